The average molecular weight is 460 g/mol. The number of rotatable bonds is 9. The number of anilines is 1. The Hall–Kier alpha value is -3.45. The van der Waals surface area contributed by atoms with E-state index >= 15 is 0 Å². The van der Waals surface area contributed by atoms with Gasteiger partial charge < -0.3 is 15.2 Å². The monoisotopic (exact) mass is 459 g/mol. The molecule has 7 heteroatoms. The second-order valence-corrected chi connectivity index (χ2v) is 8.91. The van der Waals surface area contributed by atoms with Crippen molar-refractivity contribution in [2.75, 3.05) is 31.5 Å². The van der Waals surface area contributed by atoms with Gasteiger partial charge >= 0.3 is 0 Å². The van der Waals surface area contributed by atoms with Gasteiger partial charge in [0.05, 0.1) is 12.2 Å². The van der Waals surface area contributed by atoms with Crippen molar-refractivity contribution in [2.24, 2.45) is 10.7 Å². The molecule has 0 aliphatic carbocycles. The van der Waals surface area contributed by atoms with Gasteiger partial charge in [-0.3, -0.25) is 15.1 Å². The minimum atomic E-state index is 0.0260. The standard InChI is InChI=1S/C27H33N5O2/c1-20(17-21-9-8-12-23(18-21)26(33)22-10-4-2-5-11-22)24-19-25(34-31-24)30-27(28)29-13-16-32-14-6-3-7-15-32/h2,4-5,8-12,18-20H,3,6-7,13-17H2,1H3,(H3,28,29,30). The zero-order chi connectivity index (χ0) is 23.8. The SMILES string of the molecule is CC(Cc1cccc(C(=O)c2ccccc2)c1)c1cc(NC(N)=NCCN2CCCCC2)on1. The second-order valence-electron chi connectivity index (χ2n) is 8.91. The third-order valence-corrected chi connectivity index (χ3v) is 6.20. The smallest absolute Gasteiger partial charge is 0.231 e. The summed E-state index contributed by atoms with van der Waals surface area (Å²) < 4.78 is 5.42. The minimum Gasteiger partial charge on any atom is -0.370 e. The third kappa shape index (κ3) is 6.54. The van der Waals surface area contributed by atoms with Crippen molar-refractivity contribution in [3.63, 3.8) is 0 Å². The number of likely N-dealkylation sites (tertiary alicyclic amines) is 1. The molecule has 0 bridgehead atoms. The molecule has 0 spiro atoms. The van der Waals surface area contributed by atoms with Crippen LogP contribution < -0.4 is 11.1 Å². The topological polar surface area (TPSA) is 96.8 Å². The highest BCUT2D eigenvalue weighted by molar-refractivity contribution is 6.09. The summed E-state index contributed by atoms with van der Waals surface area (Å²) in [5.41, 5.74) is 9.30. The molecule has 2 aromatic carbocycles. The molecule has 1 unspecified atom stereocenters. The molecule has 0 amide bonds. The third-order valence-electron chi connectivity index (χ3n) is 6.20. The van der Waals surface area contributed by atoms with E-state index in [1.807, 2.05) is 60.7 Å². The number of ketones is 1. The summed E-state index contributed by atoms with van der Waals surface area (Å²) in [4.78, 5) is 19.6. The second kappa shape index (κ2) is 11.6. The summed E-state index contributed by atoms with van der Waals surface area (Å²) >= 11 is 0. The lowest BCUT2D eigenvalue weighted by atomic mass is 9.95. The minimum absolute atomic E-state index is 0.0260. The van der Waals surface area contributed by atoms with Crippen LogP contribution in [0.1, 0.15) is 59.3 Å². The van der Waals surface area contributed by atoms with Crippen LogP contribution in [0.2, 0.25) is 0 Å². The van der Waals surface area contributed by atoms with E-state index < -0.39 is 0 Å². The molecule has 178 valence electrons. The number of aromatic nitrogens is 1. The molecule has 1 fully saturated rings. The van der Waals surface area contributed by atoms with Crippen molar-refractivity contribution in [3.05, 3.63) is 83.0 Å². The molecule has 2 heterocycles. The van der Waals surface area contributed by atoms with Gasteiger partial charge in [-0.25, -0.2) is 0 Å². The Kier molecular flexibility index (Phi) is 8.09. The Morgan fingerprint density at radius 1 is 1.09 bits per heavy atom. The van der Waals surface area contributed by atoms with Gasteiger partial charge in [0.2, 0.25) is 5.88 Å². The van der Waals surface area contributed by atoms with Crippen molar-refractivity contribution in [2.45, 2.75) is 38.5 Å². The number of nitrogens with zero attached hydrogens (tertiary/aromatic N) is 3. The fourth-order valence-electron chi connectivity index (χ4n) is 4.29. The van der Waals surface area contributed by atoms with Gasteiger partial charge in [0.1, 0.15) is 0 Å². The fraction of sp³-hybridized carbons (Fsp3) is 0.370. The van der Waals surface area contributed by atoms with Crippen LogP contribution in [0.3, 0.4) is 0 Å². The normalized spacial score (nSPS) is 15.7. The number of hydrogen-bond acceptors (Lipinski definition) is 5. The van der Waals surface area contributed by atoms with Gasteiger partial charge in [-0.15, -0.1) is 0 Å². The highest BCUT2D eigenvalue weighted by Gasteiger charge is 2.15. The number of guanidine groups is 1. The van der Waals surface area contributed by atoms with Crippen LogP contribution in [0.25, 0.3) is 0 Å². The van der Waals surface area contributed by atoms with Gasteiger partial charge in [0.15, 0.2) is 11.7 Å². The number of nitrogens with one attached hydrogen (secondary N) is 1. The van der Waals surface area contributed by atoms with Crippen LogP contribution in [-0.2, 0) is 6.42 Å². The first-order chi connectivity index (χ1) is 16.6. The number of benzene rings is 2. The van der Waals surface area contributed by atoms with Crippen LogP contribution in [0, 0.1) is 0 Å². The summed E-state index contributed by atoms with van der Waals surface area (Å²) in [6, 6.07) is 19.0. The van der Waals surface area contributed by atoms with E-state index in [4.69, 9.17) is 10.3 Å². The van der Waals surface area contributed by atoms with Crippen molar-refractivity contribution in [1.82, 2.24) is 10.1 Å². The van der Waals surface area contributed by atoms with Gasteiger partial charge in [0.25, 0.3) is 0 Å². The molecule has 4 rings (SSSR count). The van der Waals surface area contributed by atoms with Crippen molar-refractivity contribution < 1.29 is 9.32 Å². The van der Waals surface area contributed by atoms with E-state index in [1.165, 1.54) is 19.3 Å². The molecule has 3 aromatic rings. The average Bonchev–Trinajstić information content (AvgIpc) is 3.33. The van der Waals surface area contributed by atoms with Crippen LogP contribution >= 0.6 is 0 Å². The number of hydrogen-bond donors (Lipinski definition) is 2. The predicted octanol–water partition coefficient (Wildman–Crippen LogP) is 4.46. The van der Waals surface area contributed by atoms with Gasteiger partial charge in [0, 0.05) is 29.7 Å². The fourth-order valence-corrected chi connectivity index (χ4v) is 4.29. The van der Waals surface area contributed by atoms with Crippen LogP contribution in [-0.4, -0.2) is 48.0 Å². The molecule has 1 aliphatic rings. The lowest BCUT2D eigenvalue weighted by Crippen LogP contribution is -2.32. The molecule has 1 saturated heterocycles. The molecule has 0 radical (unpaired) electrons. The zero-order valence-corrected chi connectivity index (χ0v) is 19.7. The molecule has 34 heavy (non-hydrogen) atoms. The molecular weight excluding hydrogens is 426 g/mol. The first-order valence-corrected chi connectivity index (χ1v) is 12.0. The molecular formula is C27H33N5O2. The predicted molar refractivity (Wildman–Crippen MR) is 135 cm³/mol. The summed E-state index contributed by atoms with van der Waals surface area (Å²) in [6.45, 7) is 5.97. The maximum Gasteiger partial charge on any atom is 0.231 e. The molecule has 1 aromatic heterocycles. The van der Waals surface area contributed by atoms with Gasteiger partial charge in [-0.2, -0.15) is 0 Å². The Labute approximate surface area is 201 Å². The first kappa shape index (κ1) is 23.7. The molecule has 1 atom stereocenters. The first-order valence-electron chi connectivity index (χ1n) is 12.0. The number of piperidine rings is 1. The van der Waals surface area contributed by atoms with Crippen LogP contribution in [0.4, 0.5) is 5.88 Å². The van der Waals surface area contributed by atoms with Crippen molar-refractivity contribution in [1.29, 1.82) is 0 Å². The van der Waals surface area contributed by atoms with Crippen LogP contribution in [0.5, 0.6) is 0 Å². The van der Waals surface area contributed by atoms with E-state index in [0.29, 0.717) is 29.5 Å². The lowest BCUT2D eigenvalue weighted by molar-refractivity contribution is 0.103. The van der Waals surface area contributed by atoms with E-state index in [-0.39, 0.29) is 11.7 Å². The summed E-state index contributed by atoms with van der Waals surface area (Å²) in [5.74, 6) is 0.949. The number of aliphatic imine (C=N–C) groups is 1. The maximum absolute atomic E-state index is 12.8. The van der Waals surface area contributed by atoms with Crippen molar-refractivity contribution >= 4 is 17.6 Å². The van der Waals surface area contributed by atoms with E-state index in [0.717, 1.165) is 37.3 Å². The Balaban J connectivity index is 1.31. The van der Waals surface area contributed by atoms with Crippen molar-refractivity contribution in [3.8, 4) is 0 Å². The molecule has 1 aliphatic heterocycles. The highest BCUT2D eigenvalue weighted by Crippen LogP contribution is 2.23. The maximum atomic E-state index is 12.8. The largest absolute Gasteiger partial charge is 0.370 e. The molecule has 3 N–H and O–H groups in total. The number of nitrogens with two attached hydrogens (primary N) is 1. The quantitative estimate of drug-likeness (QED) is 0.279. The molecule has 0 saturated carbocycles. The van der Waals surface area contributed by atoms with Gasteiger partial charge in [-0.05, 0) is 44.0 Å². The van der Waals surface area contributed by atoms with E-state index in [9.17, 15) is 4.79 Å². The highest BCUT2D eigenvalue weighted by atomic mass is 16.5. The van der Waals surface area contributed by atoms with Crippen LogP contribution in [0.15, 0.2) is 70.2 Å². The lowest BCUT2D eigenvalue weighted by Gasteiger charge is -2.25. The molecule has 7 nitrogen and oxygen atoms in total. The Bertz CT molecular complexity index is 1100. The summed E-state index contributed by atoms with van der Waals surface area (Å²) in [5, 5.41) is 7.20. The number of carbonyl (C=O) groups excluding carboxylic acids is 1. The summed E-state index contributed by atoms with van der Waals surface area (Å²) in [7, 11) is 0. The van der Waals surface area contributed by atoms with Gasteiger partial charge in [-0.1, -0.05) is 67.0 Å². The Morgan fingerprint density at radius 3 is 2.65 bits per heavy atom. The Morgan fingerprint density at radius 2 is 1.85 bits per heavy atom. The van der Waals surface area contributed by atoms with E-state index in [2.05, 4.69) is 27.3 Å². The summed E-state index contributed by atoms with van der Waals surface area (Å²) in [6.07, 6.45) is 4.60. The zero-order valence-electron chi connectivity index (χ0n) is 19.7. The number of carbonyl (C=O) groups is 1. The van der Waals surface area contributed by atoms with E-state index in [1.54, 1.807) is 0 Å².